The lowest BCUT2D eigenvalue weighted by molar-refractivity contribution is -0.130. The van der Waals surface area contributed by atoms with Crippen LogP contribution in [0.15, 0.2) is 40.2 Å². The highest BCUT2D eigenvalue weighted by Gasteiger charge is 2.45. The molecule has 2 aliphatic rings. The molecule has 1 aromatic rings. The minimum Gasteiger partial charge on any atom is -0.506 e. The molecule has 8 heteroatoms. The van der Waals surface area contributed by atoms with Gasteiger partial charge in [-0.1, -0.05) is 26.7 Å². The smallest absolute Gasteiger partial charge is 0.277 e. The molecule has 0 spiro atoms. The predicted octanol–water partition coefficient (Wildman–Crippen LogP) is 5.85. The SMILES string of the molecule is CCCCC(CC)C(=O)Nc1cc(N(CC)CC)ccc1C1=C(O)C(=C2C(=O)N(C(C)(C)C)N=C2C)C1=O. The van der Waals surface area contributed by atoms with Crippen molar-refractivity contribution < 1.29 is 19.5 Å². The van der Waals surface area contributed by atoms with Gasteiger partial charge in [0.15, 0.2) is 0 Å². The summed E-state index contributed by atoms with van der Waals surface area (Å²) in [4.78, 5) is 42.0. The molecule has 0 bridgehead atoms. The summed E-state index contributed by atoms with van der Waals surface area (Å²) in [7, 11) is 0. The van der Waals surface area contributed by atoms with Crippen LogP contribution in [-0.2, 0) is 14.4 Å². The van der Waals surface area contributed by atoms with E-state index in [9.17, 15) is 19.5 Å². The van der Waals surface area contributed by atoms with E-state index < -0.39 is 17.2 Å². The highest BCUT2D eigenvalue weighted by atomic mass is 16.3. The second kappa shape index (κ2) is 11.5. The third kappa shape index (κ3) is 5.40. The number of anilines is 2. The molecular weight excluding hydrogens is 480 g/mol. The van der Waals surface area contributed by atoms with Gasteiger partial charge < -0.3 is 15.3 Å². The molecule has 0 fully saturated rings. The molecule has 3 rings (SSSR count). The highest BCUT2D eigenvalue weighted by molar-refractivity contribution is 6.44. The average molecular weight is 523 g/mol. The summed E-state index contributed by atoms with van der Waals surface area (Å²) in [5.74, 6) is -1.32. The first kappa shape index (κ1) is 29.1. The fourth-order valence-corrected chi connectivity index (χ4v) is 4.98. The van der Waals surface area contributed by atoms with E-state index in [4.69, 9.17) is 0 Å². The standard InChI is InChI=1S/C30H42N4O4/c1-9-13-14-19(10-2)28(37)31-22-17-20(33(11-3)12-4)15-16-21(22)24-26(35)25(27(24)36)23-18(5)32-34(29(23)38)30(6,7)8/h15-17,19,35H,9-14H2,1-8H3,(H,31,37). The quantitative estimate of drug-likeness (QED) is 0.375. The van der Waals surface area contributed by atoms with Crippen molar-refractivity contribution in [1.29, 1.82) is 0 Å². The van der Waals surface area contributed by atoms with E-state index >= 15 is 0 Å². The summed E-state index contributed by atoms with van der Waals surface area (Å²) in [5.41, 5.74) is 1.87. The third-order valence-corrected chi connectivity index (χ3v) is 7.26. The number of allylic oxidation sites excluding steroid dienone is 2. The Morgan fingerprint density at radius 3 is 2.24 bits per heavy atom. The van der Waals surface area contributed by atoms with Gasteiger partial charge >= 0.3 is 0 Å². The van der Waals surface area contributed by atoms with Crippen LogP contribution in [0.4, 0.5) is 11.4 Å². The summed E-state index contributed by atoms with van der Waals surface area (Å²) >= 11 is 0. The van der Waals surface area contributed by atoms with Crippen molar-refractivity contribution >= 4 is 40.3 Å². The Morgan fingerprint density at radius 1 is 1.08 bits per heavy atom. The normalized spacial score (nSPS) is 18.5. The van der Waals surface area contributed by atoms with Crippen LogP contribution in [0.3, 0.4) is 0 Å². The van der Waals surface area contributed by atoms with Crippen LogP contribution >= 0.6 is 0 Å². The lowest BCUT2D eigenvalue weighted by atomic mass is 9.79. The predicted molar refractivity (Wildman–Crippen MR) is 153 cm³/mol. The number of Topliss-reactive ketones (excluding diaryl/α,β-unsaturated/α-hetero) is 1. The van der Waals surface area contributed by atoms with E-state index in [0.717, 1.165) is 38.0 Å². The Balaban J connectivity index is 2.09. The molecule has 0 saturated heterocycles. The second-order valence-corrected chi connectivity index (χ2v) is 10.9. The van der Waals surface area contributed by atoms with Gasteiger partial charge in [-0.05, 0) is 72.6 Å². The third-order valence-electron chi connectivity index (χ3n) is 7.26. The van der Waals surface area contributed by atoms with E-state index in [1.54, 1.807) is 13.0 Å². The van der Waals surface area contributed by atoms with Crippen LogP contribution in [0.2, 0.25) is 0 Å². The summed E-state index contributed by atoms with van der Waals surface area (Å²) in [5, 5.41) is 19.9. The van der Waals surface area contributed by atoms with Crippen molar-refractivity contribution in [3.63, 3.8) is 0 Å². The highest BCUT2D eigenvalue weighted by Crippen LogP contribution is 2.43. The van der Waals surface area contributed by atoms with Gasteiger partial charge in [0.2, 0.25) is 11.7 Å². The van der Waals surface area contributed by atoms with Gasteiger partial charge in [-0.15, -0.1) is 0 Å². The van der Waals surface area contributed by atoms with E-state index in [0.29, 0.717) is 23.4 Å². The van der Waals surface area contributed by atoms with E-state index in [1.807, 2.05) is 39.8 Å². The Bertz CT molecular complexity index is 1220. The minimum atomic E-state index is -0.569. The molecule has 1 aliphatic carbocycles. The molecule has 206 valence electrons. The topological polar surface area (TPSA) is 102 Å². The van der Waals surface area contributed by atoms with Gasteiger partial charge in [0.1, 0.15) is 5.76 Å². The zero-order chi connectivity index (χ0) is 28.4. The Labute approximate surface area is 226 Å². The number of aliphatic hydroxyl groups excluding tert-OH is 1. The van der Waals surface area contributed by atoms with Gasteiger partial charge in [0, 0.05) is 30.3 Å². The van der Waals surface area contributed by atoms with Gasteiger partial charge in [-0.25, -0.2) is 5.01 Å². The number of ketones is 1. The Morgan fingerprint density at radius 2 is 1.74 bits per heavy atom. The summed E-state index contributed by atoms with van der Waals surface area (Å²) in [6.45, 7) is 17.0. The van der Waals surface area contributed by atoms with E-state index in [2.05, 4.69) is 36.1 Å². The molecule has 0 radical (unpaired) electrons. The molecule has 0 aromatic heterocycles. The average Bonchev–Trinajstić information content (AvgIpc) is 3.16. The number of amides is 2. The van der Waals surface area contributed by atoms with Crippen molar-refractivity contribution in [2.45, 2.75) is 86.6 Å². The molecule has 0 saturated carbocycles. The number of carbonyl (C=O) groups is 3. The zero-order valence-corrected chi connectivity index (χ0v) is 24.1. The number of carbonyl (C=O) groups excluding carboxylic acids is 3. The molecule has 8 nitrogen and oxygen atoms in total. The molecule has 1 unspecified atom stereocenters. The Hall–Kier alpha value is -3.42. The van der Waals surface area contributed by atoms with Crippen LogP contribution < -0.4 is 10.2 Å². The van der Waals surface area contributed by atoms with Crippen LogP contribution in [0.25, 0.3) is 5.57 Å². The number of rotatable bonds is 10. The van der Waals surface area contributed by atoms with Crippen molar-refractivity contribution in [1.82, 2.24) is 5.01 Å². The Kier molecular flexibility index (Phi) is 8.85. The van der Waals surface area contributed by atoms with Gasteiger partial charge in [0.25, 0.3) is 5.91 Å². The van der Waals surface area contributed by atoms with Crippen molar-refractivity contribution in [2.75, 3.05) is 23.3 Å². The molecule has 2 N–H and O–H groups in total. The van der Waals surface area contributed by atoms with Gasteiger partial charge in [-0.3, -0.25) is 14.4 Å². The van der Waals surface area contributed by atoms with Crippen molar-refractivity contribution in [2.24, 2.45) is 11.0 Å². The monoisotopic (exact) mass is 522 g/mol. The fourth-order valence-electron chi connectivity index (χ4n) is 4.98. The van der Waals surface area contributed by atoms with E-state index in [-0.39, 0.29) is 34.3 Å². The number of hydrogen-bond donors (Lipinski definition) is 2. The minimum absolute atomic E-state index is 0.0162. The largest absolute Gasteiger partial charge is 0.506 e. The van der Waals surface area contributed by atoms with Crippen LogP contribution in [0.5, 0.6) is 0 Å². The van der Waals surface area contributed by atoms with Gasteiger partial charge in [0.05, 0.1) is 33.7 Å². The maximum atomic E-state index is 13.5. The molecule has 1 atom stereocenters. The number of benzene rings is 1. The van der Waals surface area contributed by atoms with Crippen molar-refractivity contribution in [3.8, 4) is 0 Å². The van der Waals surface area contributed by atoms with Crippen LogP contribution in [-0.4, -0.2) is 52.1 Å². The van der Waals surface area contributed by atoms with E-state index in [1.165, 1.54) is 5.01 Å². The molecule has 1 aromatic carbocycles. The molecule has 38 heavy (non-hydrogen) atoms. The first-order valence-electron chi connectivity index (χ1n) is 13.7. The van der Waals surface area contributed by atoms with Crippen molar-refractivity contribution in [3.05, 3.63) is 40.7 Å². The summed E-state index contributed by atoms with van der Waals surface area (Å²) in [6.07, 6.45) is 3.47. The number of aliphatic hydroxyl groups is 1. The summed E-state index contributed by atoms with van der Waals surface area (Å²) < 4.78 is 0. The number of nitrogens with zero attached hydrogens (tertiary/aromatic N) is 3. The molecule has 1 aliphatic heterocycles. The summed E-state index contributed by atoms with van der Waals surface area (Å²) in [6, 6.07) is 5.51. The first-order valence-corrected chi connectivity index (χ1v) is 13.7. The van der Waals surface area contributed by atoms with Crippen LogP contribution in [0, 0.1) is 5.92 Å². The second-order valence-electron chi connectivity index (χ2n) is 10.9. The lowest BCUT2D eigenvalue weighted by Crippen LogP contribution is -2.40. The first-order chi connectivity index (χ1) is 17.9. The zero-order valence-electron chi connectivity index (χ0n) is 24.1. The molecular formula is C30H42N4O4. The van der Waals surface area contributed by atoms with Crippen LogP contribution in [0.1, 0.15) is 86.6 Å². The number of hydrogen-bond acceptors (Lipinski definition) is 6. The fraction of sp³-hybridized carbons (Fsp3) is 0.533. The number of unbranched alkanes of at least 4 members (excludes halogenated alkanes) is 1. The lowest BCUT2D eigenvalue weighted by Gasteiger charge is -2.29. The molecule has 1 heterocycles. The molecule has 2 amide bonds. The van der Waals surface area contributed by atoms with Gasteiger partial charge in [-0.2, -0.15) is 5.10 Å². The maximum Gasteiger partial charge on any atom is 0.277 e. The number of nitrogens with one attached hydrogen (secondary N) is 1. The number of hydrazone groups is 1. The maximum absolute atomic E-state index is 13.5.